The Morgan fingerprint density at radius 1 is 0.964 bits per heavy atom. The van der Waals surface area contributed by atoms with E-state index >= 15 is 0 Å². The molecule has 0 saturated carbocycles. The van der Waals surface area contributed by atoms with Crippen LogP contribution in [0.15, 0.2) is 66.7 Å². The van der Waals surface area contributed by atoms with Gasteiger partial charge < -0.3 is 10.2 Å². The van der Waals surface area contributed by atoms with E-state index in [4.69, 9.17) is 0 Å². The first-order valence-corrected chi connectivity index (χ1v) is 9.82. The summed E-state index contributed by atoms with van der Waals surface area (Å²) in [5.74, 6) is 0.610. The number of nitrogens with one attached hydrogen (secondary N) is 1. The zero-order valence-corrected chi connectivity index (χ0v) is 15.8. The van der Waals surface area contributed by atoms with Crippen LogP contribution in [0.1, 0.15) is 34.5 Å². The van der Waals surface area contributed by atoms with Gasteiger partial charge in [0.15, 0.2) is 5.69 Å². The Kier molecular flexibility index (Phi) is 5.61. The molecule has 1 aliphatic heterocycles. The minimum Gasteiger partial charge on any atom is -0.369 e. The van der Waals surface area contributed by atoms with Crippen LogP contribution in [0, 0.1) is 0 Å². The van der Waals surface area contributed by atoms with Crippen LogP contribution in [0.3, 0.4) is 0 Å². The van der Waals surface area contributed by atoms with Gasteiger partial charge in [-0.3, -0.25) is 4.79 Å². The van der Waals surface area contributed by atoms with Gasteiger partial charge in [-0.15, -0.1) is 10.2 Å². The summed E-state index contributed by atoms with van der Waals surface area (Å²) in [6.07, 6.45) is 4.01. The van der Waals surface area contributed by atoms with Crippen LogP contribution in [0.4, 0.5) is 11.5 Å². The van der Waals surface area contributed by atoms with Crippen LogP contribution in [-0.2, 0) is 12.8 Å². The summed E-state index contributed by atoms with van der Waals surface area (Å²) in [4.78, 5) is 14.7. The number of fused-ring (bicyclic) bond motifs is 1. The van der Waals surface area contributed by atoms with Gasteiger partial charge in [-0.1, -0.05) is 48.5 Å². The standard InChI is InChI=1S/C23H24N4O/c28-23(27-17-7-12-19-11-4-5-13-21(19)27)20-14-15-22(26-25-20)24-16-6-10-18-8-2-1-3-9-18/h1-5,8-9,11,13-15H,6-7,10,12,16-17H2,(H,24,26). The molecule has 1 amide bonds. The highest BCUT2D eigenvalue weighted by Crippen LogP contribution is 2.27. The maximum Gasteiger partial charge on any atom is 0.278 e. The molecule has 1 aliphatic rings. The molecule has 2 aromatic carbocycles. The van der Waals surface area contributed by atoms with E-state index in [0.717, 1.165) is 44.5 Å². The van der Waals surface area contributed by atoms with E-state index in [1.54, 1.807) is 6.07 Å². The maximum atomic E-state index is 12.9. The van der Waals surface area contributed by atoms with E-state index in [1.165, 1.54) is 11.1 Å². The largest absolute Gasteiger partial charge is 0.369 e. The molecule has 4 rings (SSSR count). The molecule has 0 aliphatic carbocycles. The molecule has 2 heterocycles. The number of nitrogens with zero attached hydrogens (tertiary/aromatic N) is 3. The lowest BCUT2D eigenvalue weighted by molar-refractivity contribution is 0.0979. The molecule has 1 N–H and O–H groups in total. The molecule has 1 aromatic heterocycles. The number of aryl methyl sites for hydroxylation is 2. The summed E-state index contributed by atoms with van der Waals surface area (Å²) >= 11 is 0. The summed E-state index contributed by atoms with van der Waals surface area (Å²) in [7, 11) is 0. The molecule has 5 heteroatoms. The predicted octanol–water partition coefficient (Wildman–Crippen LogP) is 4.11. The Morgan fingerprint density at radius 3 is 2.61 bits per heavy atom. The number of amides is 1. The minimum absolute atomic E-state index is 0.0877. The lowest BCUT2D eigenvalue weighted by Crippen LogP contribution is -2.36. The summed E-state index contributed by atoms with van der Waals surface area (Å²) in [5.41, 5.74) is 3.92. The number of hydrogen-bond donors (Lipinski definition) is 1. The Hall–Kier alpha value is -3.21. The summed E-state index contributed by atoms with van der Waals surface area (Å²) in [6, 6.07) is 22.1. The summed E-state index contributed by atoms with van der Waals surface area (Å²) in [6.45, 7) is 1.54. The topological polar surface area (TPSA) is 58.1 Å². The van der Waals surface area contributed by atoms with E-state index in [0.29, 0.717) is 11.5 Å². The maximum absolute atomic E-state index is 12.9. The first kappa shape index (κ1) is 18.2. The monoisotopic (exact) mass is 372 g/mol. The lowest BCUT2D eigenvalue weighted by Gasteiger charge is -2.29. The van der Waals surface area contributed by atoms with E-state index < -0.39 is 0 Å². The van der Waals surface area contributed by atoms with Crippen molar-refractivity contribution in [3.05, 3.63) is 83.6 Å². The van der Waals surface area contributed by atoms with Gasteiger partial charge in [0.1, 0.15) is 5.82 Å². The quantitative estimate of drug-likeness (QED) is 0.662. The molecule has 142 valence electrons. The van der Waals surface area contributed by atoms with E-state index in [2.05, 4.69) is 45.8 Å². The second kappa shape index (κ2) is 8.65. The molecule has 0 unspecified atom stereocenters. The van der Waals surface area contributed by atoms with Crippen LogP contribution in [0.2, 0.25) is 0 Å². The smallest absolute Gasteiger partial charge is 0.278 e. The van der Waals surface area contributed by atoms with Crippen LogP contribution >= 0.6 is 0 Å². The molecule has 0 fully saturated rings. The molecule has 0 spiro atoms. The van der Waals surface area contributed by atoms with Gasteiger partial charge >= 0.3 is 0 Å². The summed E-state index contributed by atoms with van der Waals surface area (Å²) in [5, 5.41) is 11.6. The van der Waals surface area contributed by atoms with Crippen molar-refractivity contribution in [1.82, 2.24) is 10.2 Å². The van der Waals surface area contributed by atoms with Crippen molar-refractivity contribution in [2.24, 2.45) is 0 Å². The van der Waals surface area contributed by atoms with Crippen molar-refractivity contribution < 1.29 is 4.79 Å². The fraction of sp³-hybridized carbons (Fsp3) is 0.261. The van der Waals surface area contributed by atoms with Crippen LogP contribution in [-0.4, -0.2) is 29.2 Å². The fourth-order valence-corrected chi connectivity index (χ4v) is 3.58. The van der Waals surface area contributed by atoms with Gasteiger partial charge in [0.05, 0.1) is 0 Å². The van der Waals surface area contributed by atoms with E-state index in [1.807, 2.05) is 35.2 Å². The Balaban J connectivity index is 1.34. The fourth-order valence-electron chi connectivity index (χ4n) is 3.58. The molecule has 3 aromatic rings. The second-order valence-corrected chi connectivity index (χ2v) is 7.01. The van der Waals surface area contributed by atoms with Gasteiger partial charge in [0, 0.05) is 18.8 Å². The van der Waals surface area contributed by atoms with Crippen molar-refractivity contribution in [1.29, 1.82) is 0 Å². The average Bonchev–Trinajstić information content (AvgIpc) is 2.77. The third-order valence-electron chi connectivity index (χ3n) is 5.03. The average molecular weight is 372 g/mol. The van der Waals surface area contributed by atoms with Crippen molar-refractivity contribution in [3.63, 3.8) is 0 Å². The molecular formula is C23H24N4O. The first-order chi connectivity index (χ1) is 13.8. The van der Waals surface area contributed by atoms with Crippen LogP contribution in [0.5, 0.6) is 0 Å². The molecule has 0 bridgehead atoms. The number of carbonyl (C=O) groups is 1. The second-order valence-electron chi connectivity index (χ2n) is 7.01. The lowest BCUT2D eigenvalue weighted by atomic mass is 10.0. The highest BCUT2D eigenvalue weighted by atomic mass is 16.2. The molecule has 0 saturated heterocycles. The summed E-state index contributed by atoms with van der Waals surface area (Å²) < 4.78 is 0. The number of aromatic nitrogens is 2. The normalized spacial score (nSPS) is 13.1. The van der Waals surface area contributed by atoms with E-state index in [-0.39, 0.29) is 5.91 Å². The van der Waals surface area contributed by atoms with Crippen molar-refractivity contribution in [2.75, 3.05) is 23.3 Å². The Morgan fingerprint density at radius 2 is 1.79 bits per heavy atom. The predicted molar refractivity (Wildman–Crippen MR) is 112 cm³/mol. The highest BCUT2D eigenvalue weighted by molar-refractivity contribution is 6.05. The number of para-hydroxylation sites is 1. The van der Waals surface area contributed by atoms with Gasteiger partial charge in [-0.2, -0.15) is 0 Å². The van der Waals surface area contributed by atoms with Crippen molar-refractivity contribution in [2.45, 2.75) is 25.7 Å². The zero-order chi connectivity index (χ0) is 19.2. The van der Waals surface area contributed by atoms with Gasteiger partial charge in [0.25, 0.3) is 5.91 Å². The first-order valence-electron chi connectivity index (χ1n) is 9.82. The molecule has 5 nitrogen and oxygen atoms in total. The number of rotatable bonds is 6. The Labute approximate surface area is 165 Å². The van der Waals surface area contributed by atoms with E-state index in [9.17, 15) is 4.79 Å². The van der Waals surface area contributed by atoms with Crippen molar-refractivity contribution >= 4 is 17.4 Å². The minimum atomic E-state index is -0.0877. The molecule has 28 heavy (non-hydrogen) atoms. The third kappa shape index (κ3) is 4.19. The zero-order valence-electron chi connectivity index (χ0n) is 15.8. The number of anilines is 2. The molecular weight excluding hydrogens is 348 g/mol. The molecule has 0 atom stereocenters. The highest BCUT2D eigenvalue weighted by Gasteiger charge is 2.24. The van der Waals surface area contributed by atoms with Gasteiger partial charge in [-0.05, 0) is 55.0 Å². The van der Waals surface area contributed by atoms with Crippen LogP contribution < -0.4 is 10.2 Å². The SMILES string of the molecule is O=C(c1ccc(NCCCc2ccccc2)nn1)N1CCCc2ccccc21. The van der Waals surface area contributed by atoms with Gasteiger partial charge in [0.2, 0.25) is 0 Å². The molecule has 0 radical (unpaired) electrons. The van der Waals surface area contributed by atoms with Crippen LogP contribution in [0.25, 0.3) is 0 Å². The third-order valence-corrected chi connectivity index (χ3v) is 5.03. The van der Waals surface area contributed by atoms with Gasteiger partial charge in [-0.25, -0.2) is 0 Å². The Bertz CT molecular complexity index is 925. The number of hydrogen-bond acceptors (Lipinski definition) is 4. The number of carbonyl (C=O) groups excluding carboxylic acids is 1. The number of benzene rings is 2. The van der Waals surface area contributed by atoms with Crippen molar-refractivity contribution in [3.8, 4) is 0 Å².